The van der Waals surface area contributed by atoms with Crippen LogP contribution in [0.3, 0.4) is 0 Å². The highest BCUT2D eigenvalue weighted by Crippen LogP contribution is 2.37. The SMILES string of the molecule is c1ccc(-c2ccc(Nc3cccc(-c4cccc5oc6ccccc6c45)c3)cc2)cc1. The van der Waals surface area contributed by atoms with Crippen LogP contribution in [0.25, 0.3) is 44.2 Å². The molecule has 0 fully saturated rings. The van der Waals surface area contributed by atoms with Gasteiger partial charge < -0.3 is 9.73 Å². The minimum Gasteiger partial charge on any atom is -0.456 e. The van der Waals surface area contributed by atoms with E-state index in [1.165, 1.54) is 16.7 Å². The summed E-state index contributed by atoms with van der Waals surface area (Å²) in [4.78, 5) is 0. The second kappa shape index (κ2) is 7.75. The molecule has 0 bridgehead atoms. The molecule has 0 amide bonds. The molecule has 0 atom stereocenters. The van der Waals surface area contributed by atoms with E-state index in [1.807, 2.05) is 24.3 Å². The van der Waals surface area contributed by atoms with Crippen molar-refractivity contribution in [3.8, 4) is 22.3 Å². The van der Waals surface area contributed by atoms with Crippen molar-refractivity contribution in [2.75, 3.05) is 5.32 Å². The van der Waals surface area contributed by atoms with Gasteiger partial charge in [-0.1, -0.05) is 84.9 Å². The lowest BCUT2D eigenvalue weighted by Crippen LogP contribution is -1.91. The van der Waals surface area contributed by atoms with E-state index in [4.69, 9.17) is 4.42 Å². The van der Waals surface area contributed by atoms with Crippen LogP contribution >= 0.6 is 0 Å². The predicted molar refractivity (Wildman–Crippen MR) is 134 cm³/mol. The van der Waals surface area contributed by atoms with Gasteiger partial charge in [0, 0.05) is 22.1 Å². The van der Waals surface area contributed by atoms with Gasteiger partial charge in [0.05, 0.1) is 0 Å². The summed E-state index contributed by atoms with van der Waals surface area (Å²) in [5.41, 5.74) is 8.73. The molecule has 2 heteroatoms. The summed E-state index contributed by atoms with van der Waals surface area (Å²) in [6.45, 7) is 0. The maximum Gasteiger partial charge on any atom is 0.136 e. The van der Waals surface area contributed by atoms with Crippen molar-refractivity contribution in [3.63, 3.8) is 0 Å². The molecular weight excluding hydrogens is 390 g/mol. The minimum atomic E-state index is 0.915. The first-order valence-electron chi connectivity index (χ1n) is 10.8. The number of fused-ring (bicyclic) bond motifs is 3. The molecule has 5 aromatic carbocycles. The van der Waals surface area contributed by atoms with Crippen molar-refractivity contribution >= 4 is 33.3 Å². The van der Waals surface area contributed by atoms with Gasteiger partial charge in [-0.05, 0) is 58.7 Å². The van der Waals surface area contributed by atoms with Crippen LogP contribution in [-0.4, -0.2) is 0 Å². The monoisotopic (exact) mass is 411 g/mol. The quantitative estimate of drug-likeness (QED) is 0.314. The summed E-state index contributed by atoms with van der Waals surface area (Å²) in [5.74, 6) is 0. The normalized spacial score (nSPS) is 11.1. The van der Waals surface area contributed by atoms with Crippen LogP contribution < -0.4 is 5.32 Å². The van der Waals surface area contributed by atoms with E-state index in [0.717, 1.165) is 38.9 Å². The van der Waals surface area contributed by atoms with Crippen molar-refractivity contribution in [2.24, 2.45) is 0 Å². The second-order valence-corrected chi connectivity index (χ2v) is 7.93. The summed E-state index contributed by atoms with van der Waals surface area (Å²) in [6.07, 6.45) is 0. The molecule has 6 rings (SSSR count). The Bertz CT molecular complexity index is 1530. The Morgan fingerprint density at radius 2 is 1.16 bits per heavy atom. The van der Waals surface area contributed by atoms with Gasteiger partial charge in [-0.3, -0.25) is 0 Å². The molecule has 0 unspecified atom stereocenters. The molecule has 0 aliphatic rings. The fourth-order valence-corrected chi connectivity index (χ4v) is 4.32. The van der Waals surface area contributed by atoms with E-state index in [2.05, 4.69) is 102 Å². The Hall–Kier alpha value is -4.30. The van der Waals surface area contributed by atoms with Crippen molar-refractivity contribution in [3.05, 3.63) is 121 Å². The van der Waals surface area contributed by atoms with Gasteiger partial charge >= 0.3 is 0 Å². The first kappa shape index (κ1) is 18.5. The molecule has 0 aliphatic carbocycles. The molecule has 0 saturated heterocycles. The summed E-state index contributed by atoms with van der Waals surface area (Å²) in [6, 6.07) is 42.0. The van der Waals surface area contributed by atoms with Gasteiger partial charge in [-0.15, -0.1) is 0 Å². The Balaban J connectivity index is 1.34. The third kappa shape index (κ3) is 3.32. The summed E-state index contributed by atoms with van der Waals surface area (Å²) < 4.78 is 6.07. The summed E-state index contributed by atoms with van der Waals surface area (Å²) >= 11 is 0. The molecule has 1 heterocycles. The molecule has 0 aliphatic heterocycles. The molecule has 0 saturated carbocycles. The van der Waals surface area contributed by atoms with Gasteiger partial charge in [-0.25, -0.2) is 0 Å². The van der Waals surface area contributed by atoms with Gasteiger partial charge in [0.2, 0.25) is 0 Å². The highest BCUT2D eigenvalue weighted by molar-refractivity contribution is 6.12. The van der Waals surface area contributed by atoms with Crippen LogP contribution in [0.2, 0.25) is 0 Å². The lowest BCUT2D eigenvalue weighted by molar-refractivity contribution is 0.669. The van der Waals surface area contributed by atoms with Crippen molar-refractivity contribution in [2.45, 2.75) is 0 Å². The number of benzene rings is 5. The first-order chi connectivity index (χ1) is 15.8. The van der Waals surface area contributed by atoms with E-state index >= 15 is 0 Å². The van der Waals surface area contributed by atoms with E-state index in [9.17, 15) is 0 Å². The zero-order valence-electron chi connectivity index (χ0n) is 17.5. The molecular formula is C30H21NO. The third-order valence-corrected chi connectivity index (χ3v) is 5.86. The molecule has 1 N–H and O–H groups in total. The first-order valence-corrected chi connectivity index (χ1v) is 10.8. The largest absolute Gasteiger partial charge is 0.456 e. The van der Waals surface area contributed by atoms with Crippen LogP contribution in [0.4, 0.5) is 11.4 Å². The smallest absolute Gasteiger partial charge is 0.136 e. The molecule has 152 valence electrons. The second-order valence-electron chi connectivity index (χ2n) is 7.93. The van der Waals surface area contributed by atoms with E-state index in [0.29, 0.717) is 0 Å². The number of anilines is 2. The van der Waals surface area contributed by atoms with Crippen LogP contribution in [-0.2, 0) is 0 Å². The summed E-state index contributed by atoms with van der Waals surface area (Å²) in [5, 5.41) is 5.85. The lowest BCUT2D eigenvalue weighted by atomic mass is 9.99. The van der Waals surface area contributed by atoms with E-state index < -0.39 is 0 Å². The van der Waals surface area contributed by atoms with Crippen LogP contribution in [0.5, 0.6) is 0 Å². The molecule has 32 heavy (non-hydrogen) atoms. The molecule has 6 aromatic rings. The highest BCUT2D eigenvalue weighted by Gasteiger charge is 2.12. The number of furan rings is 1. The number of nitrogens with one attached hydrogen (secondary N) is 1. The van der Waals surface area contributed by atoms with Crippen LogP contribution in [0.1, 0.15) is 0 Å². The Morgan fingerprint density at radius 3 is 2.03 bits per heavy atom. The molecule has 1 aromatic heterocycles. The van der Waals surface area contributed by atoms with Gasteiger partial charge in [-0.2, -0.15) is 0 Å². The number of hydrogen-bond acceptors (Lipinski definition) is 2. The Labute approximate surface area is 186 Å². The minimum absolute atomic E-state index is 0.915. The molecule has 2 nitrogen and oxygen atoms in total. The van der Waals surface area contributed by atoms with Crippen molar-refractivity contribution in [1.29, 1.82) is 0 Å². The average Bonchev–Trinajstić information content (AvgIpc) is 3.24. The Kier molecular flexibility index (Phi) is 4.47. The summed E-state index contributed by atoms with van der Waals surface area (Å²) in [7, 11) is 0. The van der Waals surface area contributed by atoms with Gasteiger partial charge in [0.25, 0.3) is 0 Å². The van der Waals surface area contributed by atoms with Gasteiger partial charge in [0.15, 0.2) is 0 Å². The molecule has 0 radical (unpaired) electrons. The highest BCUT2D eigenvalue weighted by atomic mass is 16.3. The van der Waals surface area contributed by atoms with Gasteiger partial charge in [0.1, 0.15) is 11.2 Å². The zero-order chi connectivity index (χ0) is 21.3. The topological polar surface area (TPSA) is 25.2 Å². The third-order valence-electron chi connectivity index (χ3n) is 5.86. The lowest BCUT2D eigenvalue weighted by Gasteiger charge is -2.10. The maximum atomic E-state index is 6.07. The van der Waals surface area contributed by atoms with Crippen LogP contribution in [0.15, 0.2) is 126 Å². The fourth-order valence-electron chi connectivity index (χ4n) is 4.32. The van der Waals surface area contributed by atoms with E-state index in [-0.39, 0.29) is 0 Å². The predicted octanol–water partition coefficient (Wildman–Crippen LogP) is 8.66. The maximum absolute atomic E-state index is 6.07. The van der Waals surface area contributed by atoms with Crippen LogP contribution in [0, 0.1) is 0 Å². The number of para-hydroxylation sites is 1. The number of hydrogen-bond donors (Lipinski definition) is 1. The van der Waals surface area contributed by atoms with Crippen molar-refractivity contribution in [1.82, 2.24) is 0 Å². The fraction of sp³-hybridized carbons (Fsp3) is 0. The Morgan fingerprint density at radius 1 is 0.469 bits per heavy atom. The van der Waals surface area contributed by atoms with Crippen molar-refractivity contribution < 1.29 is 4.42 Å². The molecule has 0 spiro atoms. The van der Waals surface area contributed by atoms with E-state index in [1.54, 1.807) is 0 Å². The average molecular weight is 412 g/mol. The standard InChI is InChI=1S/C30H21NO/c1-2-8-21(9-3-1)22-16-18-24(19-17-22)31-25-11-6-10-23(20-25)26-13-7-15-29-30(26)27-12-4-5-14-28(27)32-29/h1-20,31H. The number of rotatable bonds is 4. The zero-order valence-corrected chi connectivity index (χ0v) is 17.5.